The molecule has 1 N–H and O–H groups in total. The number of Topliss-reactive ketones (excluding diaryl/α,β-unsaturated/α-hetero) is 1. The van der Waals surface area contributed by atoms with Gasteiger partial charge in [0, 0.05) is 12.1 Å². The average molecular weight is 588 g/mol. The zero-order valence-electron chi connectivity index (χ0n) is 21.3. The molecule has 0 unspecified atom stereocenters. The second-order valence-electron chi connectivity index (χ2n) is 8.02. The van der Waals surface area contributed by atoms with Crippen molar-refractivity contribution in [2.75, 3.05) is 40.9 Å². The molecule has 0 radical (unpaired) electrons. The Morgan fingerprint density at radius 3 is 2.11 bits per heavy atom. The Morgan fingerprint density at radius 2 is 1.53 bits per heavy atom. The molecule has 3 aromatic rings. The van der Waals surface area contributed by atoms with Gasteiger partial charge in [-0.15, -0.1) is 0 Å². The van der Waals surface area contributed by atoms with Crippen LogP contribution in [-0.4, -0.2) is 53.5 Å². The maximum Gasteiger partial charge on any atom is 0.412 e. The molecule has 2 atom stereocenters. The fourth-order valence-corrected chi connectivity index (χ4v) is 4.61. The number of methoxy groups -OCH3 is 5. The minimum absolute atomic E-state index is 0.235. The summed E-state index contributed by atoms with van der Waals surface area (Å²) in [5.74, 6) is 1.99. The lowest BCUT2D eigenvalue weighted by Gasteiger charge is -2.32. The molecule has 0 aliphatic carbocycles. The summed E-state index contributed by atoms with van der Waals surface area (Å²) >= 11 is 3.46. The summed E-state index contributed by atoms with van der Waals surface area (Å²) in [6.07, 6.45) is -3.13. The van der Waals surface area contributed by atoms with Gasteiger partial charge in [0.1, 0.15) is 17.2 Å². The van der Waals surface area contributed by atoms with Crippen molar-refractivity contribution in [3.05, 3.63) is 64.1 Å². The molecule has 1 heterocycles. The van der Waals surface area contributed by atoms with Crippen LogP contribution in [0.1, 0.15) is 22.0 Å². The molecule has 0 aromatic heterocycles. The molecule has 0 fully saturated rings. The van der Waals surface area contributed by atoms with E-state index in [0.717, 1.165) is 0 Å². The summed E-state index contributed by atoms with van der Waals surface area (Å²) in [6, 6.07) is 13.2. The van der Waals surface area contributed by atoms with Crippen LogP contribution in [0.15, 0.2) is 53.0 Å². The van der Waals surface area contributed by atoms with Crippen molar-refractivity contribution in [1.29, 1.82) is 0 Å². The van der Waals surface area contributed by atoms with Crippen LogP contribution in [0.5, 0.6) is 34.5 Å². The normalized spacial score (nSPS) is 16.0. The van der Waals surface area contributed by atoms with Gasteiger partial charge in [-0.05, 0) is 51.8 Å². The molecule has 1 aliphatic rings. The molecule has 0 spiro atoms. The highest BCUT2D eigenvalue weighted by atomic mass is 79.9. The van der Waals surface area contributed by atoms with Crippen LogP contribution in [0.4, 0.5) is 10.5 Å². The van der Waals surface area contributed by atoms with Crippen molar-refractivity contribution in [3.63, 3.8) is 0 Å². The van der Waals surface area contributed by atoms with Crippen molar-refractivity contribution in [3.8, 4) is 34.5 Å². The van der Waals surface area contributed by atoms with E-state index >= 15 is 0 Å². The van der Waals surface area contributed by atoms with E-state index in [1.807, 2.05) is 0 Å². The number of carbonyl (C=O) groups excluding carboxylic acids is 2. The van der Waals surface area contributed by atoms with Crippen molar-refractivity contribution in [2.45, 2.75) is 12.2 Å². The van der Waals surface area contributed by atoms with E-state index in [1.165, 1.54) is 28.4 Å². The Kier molecular flexibility index (Phi) is 8.16. The number of ether oxygens (including phenoxy) is 7. The van der Waals surface area contributed by atoms with Crippen LogP contribution >= 0.6 is 15.9 Å². The minimum Gasteiger partial charge on any atom is -0.497 e. The Hall–Kier alpha value is -4.12. The molecule has 3 aromatic carbocycles. The monoisotopic (exact) mass is 587 g/mol. The van der Waals surface area contributed by atoms with Gasteiger partial charge >= 0.3 is 6.09 Å². The van der Waals surface area contributed by atoms with Gasteiger partial charge in [0.15, 0.2) is 17.6 Å². The van der Waals surface area contributed by atoms with E-state index in [1.54, 1.807) is 55.6 Å². The van der Waals surface area contributed by atoms with Gasteiger partial charge < -0.3 is 33.2 Å². The molecule has 0 bridgehead atoms. The molecule has 0 saturated carbocycles. The molecule has 0 saturated heterocycles. The number of hydrogen-bond donors (Lipinski definition) is 1. The van der Waals surface area contributed by atoms with E-state index in [-0.39, 0.29) is 5.56 Å². The number of amides is 1. The van der Waals surface area contributed by atoms with Crippen LogP contribution in [-0.2, 0) is 4.74 Å². The zero-order chi connectivity index (χ0) is 27.4. The van der Waals surface area contributed by atoms with E-state index in [9.17, 15) is 9.59 Å². The van der Waals surface area contributed by atoms with Gasteiger partial charge in [0.05, 0.1) is 51.3 Å². The lowest BCUT2D eigenvalue weighted by molar-refractivity contribution is 0.0132. The summed E-state index contributed by atoms with van der Waals surface area (Å²) in [7, 11) is 7.43. The van der Waals surface area contributed by atoms with Gasteiger partial charge in [0.25, 0.3) is 0 Å². The molecular weight excluding hydrogens is 562 g/mol. The molecule has 4 rings (SSSR count). The van der Waals surface area contributed by atoms with E-state index < -0.39 is 24.1 Å². The first kappa shape index (κ1) is 26.9. The van der Waals surface area contributed by atoms with Crippen LogP contribution < -0.4 is 33.7 Å². The topological polar surface area (TPSA) is 111 Å². The minimum atomic E-state index is -1.31. The summed E-state index contributed by atoms with van der Waals surface area (Å²) in [5, 5.41) is 2.62. The number of nitrogens with one attached hydrogen (secondary N) is 1. The Bertz CT molecular complexity index is 1340. The number of rotatable bonds is 8. The maximum atomic E-state index is 13.6. The standard InChI is InChI=1S/C27H26BrNO9/c1-32-16-7-9-19-17(13-16)23(30)26(24(37-19)14-6-8-20(33-2)18(28)10-14)38-27(31)29-15-11-21(34-3)25(36-5)22(12-15)35-4/h6-13,24,26H,1-5H3,(H,29,31)/t24-,26+/m1/s1. The lowest BCUT2D eigenvalue weighted by atomic mass is 9.93. The Morgan fingerprint density at radius 1 is 0.842 bits per heavy atom. The molecule has 200 valence electrons. The first-order valence-electron chi connectivity index (χ1n) is 11.3. The molecule has 11 heteroatoms. The first-order chi connectivity index (χ1) is 18.3. The van der Waals surface area contributed by atoms with Crippen LogP contribution in [0, 0.1) is 0 Å². The average Bonchev–Trinajstić information content (AvgIpc) is 2.93. The Balaban J connectivity index is 1.67. The quantitative estimate of drug-likeness (QED) is 0.369. The van der Waals surface area contributed by atoms with Gasteiger partial charge in [-0.3, -0.25) is 10.1 Å². The third-order valence-corrected chi connectivity index (χ3v) is 6.51. The molecule has 10 nitrogen and oxygen atoms in total. The maximum absolute atomic E-state index is 13.6. The van der Waals surface area contributed by atoms with Gasteiger partial charge in [0.2, 0.25) is 17.6 Å². The molecule has 38 heavy (non-hydrogen) atoms. The van der Waals surface area contributed by atoms with Crippen molar-refractivity contribution in [2.24, 2.45) is 0 Å². The van der Waals surface area contributed by atoms with Gasteiger partial charge in [-0.2, -0.15) is 0 Å². The molecule has 1 aliphatic heterocycles. The highest BCUT2D eigenvalue weighted by Crippen LogP contribution is 2.42. The van der Waals surface area contributed by atoms with E-state index in [0.29, 0.717) is 50.2 Å². The van der Waals surface area contributed by atoms with E-state index in [4.69, 9.17) is 33.2 Å². The van der Waals surface area contributed by atoms with Crippen LogP contribution in [0.2, 0.25) is 0 Å². The predicted molar refractivity (Wildman–Crippen MR) is 141 cm³/mol. The number of fused-ring (bicyclic) bond motifs is 1. The van der Waals surface area contributed by atoms with Crippen molar-refractivity contribution < 1.29 is 42.7 Å². The summed E-state index contributed by atoms with van der Waals surface area (Å²) in [6.45, 7) is 0. The number of carbonyl (C=O) groups is 2. The second-order valence-corrected chi connectivity index (χ2v) is 8.88. The highest BCUT2D eigenvalue weighted by Gasteiger charge is 2.42. The number of anilines is 1. The second kappa shape index (κ2) is 11.5. The van der Waals surface area contributed by atoms with Gasteiger partial charge in [-0.1, -0.05) is 6.07 Å². The number of halogens is 1. The fraction of sp³-hybridized carbons (Fsp3) is 0.259. The summed E-state index contributed by atoms with van der Waals surface area (Å²) in [4.78, 5) is 26.7. The number of hydrogen-bond acceptors (Lipinski definition) is 9. The van der Waals surface area contributed by atoms with Crippen LogP contribution in [0.25, 0.3) is 0 Å². The summed E-state index contributed by atoms with van der Waals surface area (Å²) < 4.78 is 39.1. The molecule has 1 amide bonds. The zero-order valence-corrected chi connectivity index (χ0v) is 22.9. The first-order valence-corrected chi connectivity index (χ1v) is 12.1. The number of ketones is 1. The Labute approximate surface area is 227 Å². The highest BCUT2D eigenvalue weighted by molar-refractivity contribution is 9.10. The lowest BCUT2D eigenvalue weighted by Crippen LogP contribution is -2.40. The smallest absolute Gasteiger partial charge is 0.412 e. The third kappa shape index (κ3) is 5.28. The SMILES string of the molecule is COc1ccc2c(c1)C(=O)[C@H](OC(=O)Nc1cc(OC)c(OC)c(OC)c1)[C@@H](c1ccc(OC)c(Br)c1)O2. The molecular formula is C27H26BrNO9. The van der Waals surface area contributed by atoms with Crippen molar-refractivity contribution in [1.82, 2.24) is 0 Å². The van der Waals surface area contributed by atoms with E-state index in [2.05, 4.69) is 21.2 Å². The summed E-state index contributed by atoms with van der Waals surface area (Å²) in [5.41, 5.74) is 1.14. The number of benzene rings is 3. The fourth-order valence-electron chi connectivity index (χ4n) is 4.05. The largest absolute Gasteiger partial charge is 0.497 e. The predicted octanol–water partition coefficient (Wildman–Crippen LogP) is 5.43. The van der Waals surface area contributed by atoms with Crippen LogP contribution in [0.3, 0.4) is 0 Å². The third-order valence-electron chi connectivity index (χ3n) is 5.89. The van der Waals surface area contributed by atoms with Crippen molar-refractivity contribution >= 4 is 33.5 Å². The van der Waals surface area contributed by atoms with Gasteiger partial charge in [-0.25, -0.2) is 4.79 Å².